The molecular weight excluding hydrogens is 474 g/mol. The second-order valence-electron chi connectivity index (χ2n) is 8.18. The lowest BCUT2D eigenvalue weighted by atomic mass is 10.0. The average molecular weight is 495 g/mol. The Morgan fingerprint density at radius 3 is 2.61 bits per heavy atom. The number of nitrogens with one attached hydrogen (secondary N) is 1. The van der Waals surface area contributed by atoms with Gasteiger partial charge in [0.25, 0.3) is 0 Å². The Morgan fingerprint density at radius 1 is 1.06 bits per heavy atom. The maximum absolute atomic E-state index is 14.1. The standard InChI is InChI=1S/C26H21F4N5O/c1-2-36-17-8-9-18(20(11-17)26(28,29)30)22-10-7-16(12-31-22)14-35-15-24-23(13-32-35)33-25(34-24)19-5-3-4-6-21(19)27/h3-13H,2,14-15H2,1H3,(H,33,34). The number of benzene rings is 2. The number of aromatic nitrogens is 3. The van der Waals surface area contributed by atoms with E-state index in [-0.39, 0.29) is 29.4 Å². The largest absolute Gasteiger partial charge is 0.494 e. The van der Waals surface area contributed by atoms with Crippen LogP contribution in [-0.4, -0.2) is 32.8 Å². The lowest BCUT2D eigenvalue weighted by Gasteiger charge is -2.21. The first kappa shape index (κ1) is 23.5. The summed E-state index contributed by atoms with van der Waals surface area (Å²) in [6.45, 7) is 2.74. The van der Waals surface area contributed by atoms with E-state index in [0.29, 0.717) is 30.2 Å². The van der Waals surface area contributed by atoms with Gasteiger partial charge in [-0.1, -0.05) is 18.2 Å². The molecule has 0 bridgehead atoms. The third-order valence-electron chi connectivity index (χ3n) is 5.70. The summed E-state index contributed by atoms with van der Waals surface area (Å²) in [6, 6.07) is 13.5. The maximum Gasteiger partial charge on any atom is 0.417 e. The van der Waals surface area contributed by atoms with Crippen molar-refractivity contribution in [2.24, 2.45) is 5.10 Å². The highest BCUT2D eigenvalue weighted by atomic mass is 19.4. The van der Waals surface area contributed by atoms with E-state index in [0.717, 1.165) is 17.3 Å². The van der Waals surface area contributed by atoms with Crippen molar-refractivity contribution < 1.29 is 22.3 Å². The molecule has 0 saturated carbocycles. The van der Waals surface area contributed by atoms with Gasteiger partial charge in [-0.2, -0.15) is 18.3 Å². The second kappa shape index (κ2) is 9.44. The fraction of sp³-hybridized carbons (Fsp3) is 0.192. The maximum atomic E-state index is 14.1. The smallest absolute Gasteiger partial charge is 0.417 e. The highest BCUT2D eigenvalue weighted by Crippen LogP contribution is 2.38. The van der Waals surface area contributed by atoms with Crippen molar-refractivity contribution in [3.05, 3.63) is 89.1 Å². The van der Waals surface area contributed by atoms with Crippen molar-refractivity contribution in [2.45, 2.75) is 26.2 Å². The number of ether oxygens (including phenoxy) is 1. The summed E-state index contributed by atoms with van der Waals surface area (Å²) < 4.78 is 60.3. The molecule has 10 heteroatoms. The number of halogens is 4. The molecule has 2 aromatic carbocycles. The fourth-order valence-electron chi connectivity index (χ4n) is 4.01. The van der Waals surface area contributed by atoms with E-state index in [9.17, 15) is 17.6 Å². The van der Waals surface area contributed by atoms with Crippen molar-refractivity contribution in [2.75, 3.05) is 6.61 Å². The number of hydrazone groups is 1. The number of alkyl halides is 3. The predicted molar refractivity (Wildman–Crippen MR) is 127 cm³/mol. The number of fused-ring (bicyclic) bond motifs is 1. The van der Waals surface area contributed by atoms with Gasteiger partial charge in [-0.15, -0.1) is 0 Å². The topological polar surface area (TPSA) is 66.4 Å². The van der Waals surface area contributed by atoms with Crippen LogP contribution in [0.1, 0.15) is 29.4 Å². The van der Waals surface area contributed by atoms with Crippen LogP contribution in [0.3, 0.4) is 0 Å². The molecule has 0 radical (unpaired) electrons. The Kier molecular flexibility index (Phi) is 6.17. The number of hydrogen-bond acceptors (Lipinski definition) is 5. The van der Waals surface area contributed by atoms with E-state index in [1.54, 1.807) is 48.5 Å². The third kappa shape index (κ3) is 4.79. The van der Waals surface area contributed by atoms with Crippen LogP contribution < -0.4 is 4.74 Å². The first-order valence-electron chi connectivity index (χ1n) is 11.2. The van der Waals surface area contributed by atoms with Gasteiger partial charge in [0.15, 0.2) is 0 Å². The van der Waals surface area contributed by atoms with Crippen molar-refractivity contribution in [3.63, 3.8) is 0 Å². The van der Waals surface area contributed by atoms with Gasteiger partial charge in [0.2, 0.25) is 0 Å². The highest BCUT2D eigenvalue weighted by Gasteiger charge is 2.34. The van der Waals surface area contributed by atoms with Crippen LogP contribution in [0.2, 0.25) is 0 Å². The molecule has 6 nitrogen and oxygen atoms in total. The number of aromatic amines is 1. The summed E-state index contributed by atoms with van der Waals surface area (Å²) in [5, 5.41) is 6.16. The molecule has 1 aliphatic heterocycles. The molecule has 0 fully saturated rings. The Bertz CT molecular complexity index is 1410. The van der Waals surface area contributed by atoms with Crippen LogP contribution in [0, 0.1) is 5.82 Å². The summed E-state index contributed by atoms with van der Waals surface area (Å²) in [5.74, 6) is 0.210. The second-order valence-corrected chi connectivity index (χ2v) is 8.18. The Labute approximate surface area is 204 Å². The zero-order valence-electron chi connectivity index (χ0n) is 19.2. The minimum atomic E-state index is -4.55. The monoisotopic (exact) mass is 495 g/mol. The molecule has 2 aromatic heterocycles. The van der Waals surface area contributed by atoms with Crippen molar-refractivity contribution in [3.8, 4) is 28.4 Å². The van der Waals surface area contributed by atoms with Gasteiger partial charge in [-0.05, 0) is 48.9 Å². The first-order valence-corrected chi connectivity index (χ1v) is 11.2. The van der Waals surface area contributed by atoms with Crippen LogP contribution in [0.4, 0.5) is 17.6 Å². The molecule has 0 saturated heterocycles. The summed E-state index contributed by atoms with van der Waals surface area (Å²) in [6.07, 6.45) is -1.39. The quantitative estimate of drug-likeness (QED) is 0.331. The van der Waals surface area contributed by atoms with E-state index >= 15 is 0 Å². The number of rotatable bonds is 6. The number of imidazole rings is 1. The molecule has 184 valence electrons. The first-order chi connectivity index (χ1) is 17.3. The summed E-state index contributed by atoms with van der Waals surface area (Å²) in [4.78, 5) is 11.9. The molecule has 36 heavy (non-hydrogen) atoms. The van der Waals surface area contributed by atoms with Crippen LogP contribution >= 0.6 is 0 Å². The van der Waals surface area contributed by atoms with E-state index in [4.69, 9.17) is 4.74 Å². The molecule has 0 spiro atoms. The molecular formula is C26H21F4N5O. The van der Waals surface area contributed by atoms with Crippen molar-refractivity contribution in [1.29, 1.82) is 0 Å². The molecule has 0 unspecified atom stereocenters. The minimum Gasteiger partial charge on any atom is -0.494 e. The van der Waals surface area contributed by atoms with Gasteiger partial charge < -0.3 is 9.72 Å². The molecule has 1 N–H and O–H groups in total. The van der Waals surface area contributed by atoms with E-state index in [1.807, 2.05) is 0 Å². The number of nitrogens with zero attached hydrogens (tertiary/aromatic N) is 4. The fourth-order valence-corrected chi connectivity index (χ4v) is 4.01. The molecule has 3 heterocycles. The van der Waals surface area contributed by atoms with E-state index in [1.165, 1.54) is 24.4 Å². The van der Waals surface area contributed by atoms with E-state index < -0.39 is 11.7 Å². The average Bonchev–Trinajstić information content (AvgIpc) is 3.28. The Balaban J connectivity index is 1.32. The Morgan fingerprint density at radius 2 is 1.89 bits per heavy atom. The molecule has 5 rings (SSSR count). The van der Waals surface area contributed by atoms with E-state index in [2.05, 4.69) is 20.1 Å². The van der Waals surface area contributed by atoms with Gasteiger partial charge in [-0.3, -0.25) is 9.99 Å². The third-order valence-corrected chi connectivity index (χ3v) is 5.70. The van der Waals surface area contributed by atoms with Gasteiger partial charge in [0.1, 0.15) is 17.4 Å². The minimum absolute atomic E-state index is 0.0182. The zero-order valence-corrected chi connectivity index (χ0v) is 19.2. The van der Waals surface area contributed by atoms with Crippen LogP contribution in [0.15, 0.2) is 65.9 Å². The van der Waals surface area contributed by atoms with Crippen molar-refractivity contribution in [1.82, 2.24) is 20.0 Å². The number of hydrogen-bond donors (Lipinski definition) is 1. The SMILES string of the molecule is CCOc1ccc(-c2ccc(CN3Cc4nc(-c5ccccc5F)[nH]c4C=N3)cn2)c(C(F)(F)F)c1. The molecule has 4 aromatic rings. The number of pyridine rings is 1. The normalized spacial score (nSPS) is 13.1. The van der Waals surface area contributed by atoms with Crippen molar-refractivity contribution >= 4 is 6.21 Å². The summed E-state index contributed by atoms with van der Waals surface area (Å²) in [7, 11) is 0. The lowest BCUT2D eigenvalue weighted by Crippen LogP contribution is -2.21. The molecule has 1 aliphatic rings. The summed E-state index contributed by atoms with van der Waals surface area (Å²) in [5.41, 5.74) is 1.95. The molecule has 0 aliphatic carbocycles. The lowest BCUT2D eigenvalue weighted by molar-refractivity contribution is -0.137. The van der Waals surface area contributed by atoms with Crippen LogP contribution in [-0.2, 0) is 19.3 Å². The van der Waals surface area contributed by atoms with Gasteiger partial charge in [-0.25, -0.2) is 9.37 Å². The van der Waals surface area contributed by atoms with Gasteiger partial charge >= 0.3 is 6.18 Å². The molecule has 0 atom stereocenters. The van der Waals surface area contributed by atoms with Crippen LogP contribution in [0.25, 0.3) is 22.6 Å². The van der Waals surface area contributed by atoms with Crippen LogP contribution in [0.5, 0.6) is 5.75 Å². The predicted octanol–water partition coefficient (Wildman–Crippen LogP) is 6.05. The molecule has 0 amide bonds. The zero-order chi connectivity index (χ0) is 25.3. The summed E-state index contributed by atoms with van der Waals surface area (Å²) >= 11 is 0. The Hall–Kier alpha value is -4.21. The van der Waals surface area contributed by atoms with Gasteiger partial charge in [0.05, 0.1) is 54.1 Å². The highest BCUT2D eigenvalue weighted by molar-refractivity contribution is 5.80. The van der Waals surface area contributed by atoms with Gasteiger partial charge in [0, 0.05) is 11.8 Å². The number of H-pyrrole nitrogens is 1.